The Balaban J connectivity index is 1.75. The fourth-order valence-corrected chi connectivity index (χ4v) is 2.68. The lowest BCUT2D eigenvalue weighted by Crippen LogP contribution is -2.39. The summed E-state index contributed by atoms with van der Waals surface area (Å²) < 4.78 is 37.6. The summed E-state index contributed by atoms with van der Waals surface area (Å²) in [6.45, 7) is 1.98. The fraction of sp³-hybridized carbons (Fsp3) is 0.529. The molecule has 1 heterocycles. The molecule has 0 bridgehead atoms. The van der Waals surface area contributed by atoms with Gasteiger partial charge >= 0.3 is 12.2 Å². The van der Waals surface area contributed by atoms with Gasteiger partial charge in [-0.15, -0.1) is 0 Å². The molecule has 1 aromatic rings. The molecule has 0 unspecified atom stereocenters. The summed E-state index contributed by atoms with van der Waals surface area (Å²) in [5.41, 5.74) is -0.123. The van der Waals surface area contributed by atoms with Crippen molar-refractivity contribution in [3.05, 3.63) is 35.4 Å². The number of nitrogens with zero attached hydrogens (tertiary/aromatic N) is 2. The van der Waals surface area contributed by atoms with Crippen molar-refractivity contribution in [3.8, 4) is 0 Å². The average molecular weight is 357 g/mol. The molecule has 0 atom stereocenters. The maximum atomic E-state index is 12.5. The molecule has 0 spiro atoms. The minimum Gasteiger partial charge on any atom is -0.343 e. The lowest BCUT2D eigenvalue weighted by Gasteiger charge is -2.19. The van der Waals surface area contributed by atoms with Gasteiger partial charge in [-0.3, -0.25) is 4.79 Å². The maximum Gasteiger partial charge on any atom is 0.416 e. The highest BCUT2D eigenvalue weighted by molar-refractivity contribution is 5.78. The molecule has 3 amide bonds. The molecule has 138 valence electrons. The zero-order chi connectivity index (χ0) is 18.4. The van der Waals surface area contributed by atoms with E-state index in [1.54, 1.807) is 11.9 Å². The van der Waals surface area contributed by atoms with Crippen LogP contribution in [0.2, 0.25) is 0 Å². The third kappa shape index (κ3) is 5.65. The van der Waals surface area contributed by atoms with E-state index in [-0.39, 0.29) is 31.4 Å². The third-order valence-corrected chi connectivity index (χ3v) is 4.12. The molecule has 1 N–H and O–H groups in total. The molecule has 1 saturated heterocycles. The molecule has 2 rings (SSSR count). The first-order valence-corrected chi connectivity index (χ1v) is 8.20. The highest BCUT2D eigenvalue weighted by Gasteiger charge is 2.30. The van der Waals surface area contributed by atoms with Crippen LogP contribution in [0, 0.1) is 0 Å². The lowest BCUT2D eigenvalue weighted by atomic mass is 10.1. The van der Waals surface area contributed by atoms with E-state index in [4.69, 9.17) is 0 Å². The first-order chi connectivity index (χ1) is 11.8. The van der Waals surface area contributed by atoms with Crippen molar-refractivity contribution in [2.75, 3.05) is 26.7 Å². The van der Waals surface area contributed by atoms with Crippen LogP contribution >= 0.6 is 0 Å². The van der Waals surface area contributed by atoms with Gasteiger partial charge in [0, 0.05) is 39.6 Å². The quantitative estimate of drug-likeness (QED) is 0.881. The van der Waals surface area contributed by atoms with E-state index >= 15 is 0 Å². The predicted octanol–water partition coefficient (Wildman–Crippen LogP) is 2.86. The number of likely N-dealkylation sites (tertiary alicyclic amines) is 1. The van der Waals surface area contributed by atoms with Crippen LogP contribution < -0.4 is 5.32 Å². The van der Waals surface area contributed by atoms with Crippen LogP contribution in [0.25, 0.3) is 0 Å². The number of hydrogen-bond donors (Lipinski definition) is 1. The van der Waals surface area contributed by atoms with E-state index in [0.29, 0.717) is 5.56 Å². The first kappa shape index (κ1) is 19.1. The number of carbonyl (C=O) groups is 2. The van der Waals surface area contributed by atoms with Gasteiger partial charge in [0.25, 0.3) is 0 Å². The van der Waals surface area contributed by atoms with Crippen molar-refractivity contribution in [2.24, 2.45) is 0 Å². The molecule has 1 aromatic carbocycles. The van der Waals surface area contributed by atoms with Gasteiger partial charge in [0.15, 0.2) is 0 Å². The van der Waals surface area contributed by atoms with Gasteiger partial charge in [-0.1, -0.05) is 12.1 Å². The summed E-state index contributed by atoms with van der Waals surface area (Å²) in [4.78, 5) is 27.0. The Bertz CT molecular complexity index is 596. The molecule has 1 fully saturated rings. The van der Waals surface area contributed by atoms with E-state index < -0.39 is 11.7 Å². The number of urea groups is 1. The first-order valence-electron chi connectivity index (χ1n) is 8.20. The van der Waals surface area contributed by atoms with Gasteiger partial charge in [0.1, 0.15) is 0 Å². The van der Waals surface area contributed by atoms with Gasteiger partial charge < -0.3 is 15.1 Å². The molecular formula is C17H22F3N3O2. The standard InChI is InChI=1S/C17H22F3N3O2/c1-22(12-13-4-6-14(7-5-13)17(18,19)20)16(25)21-9-8-15(24)23-10-2-3-11-23/h4-7H,2-3,8-12H2,1H3,(H,21,25). The number of amides is 3. The van der Waals surface area contributed by atoms with Crippen LogP contribution in [0.1, 0.15) is 30.4 Å². The van der Waals surface area contributed by atoms with Gasteiger partial charge in [-0.05, 0) is 30.5 Å². The largest absolute Gasteiger partial charge is 0.416 e. The van der Waals surface area contributed by atoms with E-state index in [1.165, 1.54) is 17.0 Å². The molecule has 0 saturated carbocycles. The van der Waals surface area contributed by atoms with Crippen molar-refractivity contribution >= 4 is 11.9 Å². The van der Waals surface area contributed by atoms with Crippen LogP contribution in [0.15, 0.2) is 24.3 Å². The number of hydrogen-bond acceptors (Lipinski definition) is 2. The molecule has 1 aliphatic rings. The maximum absolute atomic E-state index is 12.5. The topological polar surface area (TPSA) is 52.7 Å². The molecule has 8 heteroatoms. The van der Waals surface area contributed by atoms with E-state index in [0.717, 1.165) is 38.1 Å². The summed E-state index contributed by atoms with van der Waals surface area (Å²) in [6, 6.07) is 4.33. The second-order valence-corrected chi connectivity index (χ2v) is 6.12. The third-order valence-electron chi connectivity index (χ3n) is 4.12. The zero-order valence-corrected chi connectivity index (χ0v) is 14.1. The number of rotatable bonds is 5. The summed E-state index contributed by atoms with van der Waals surface area (Å²) in [6.07, 6.45) is -2.08. The monoisotopic (exact) mass is 357 g/mol. The minimum atomic E-state index is -4.37. The summed E-state index contributed by atoms with van der Waals surface area (Å²) in [5.74, 6) is 0.0307. The fourth-order valence-electron chi connectivity index (χ4n) is 2.68. The molecule has 25 heavy (non-hydrogen) atoms. The van der Waals surface area contributed by atoms with Gasteiger partial charge in [-0.25, -0.2) is 4.79 Å². The second kappa shape index (κ2) is 8.22. The van der Waals surface area contributed by atoms with Crippen LogP contribution in [0.4, 0.5) is 18.0 Å². The Morgan fingerprint density at radius 3 is 2.32 bits per heavy atom. The number of nitrogens with one attached hydrogen (secondary N) is 1. The van der Waals surface area contributed by atoms with E-state index in [9.17, 15) is 22.8 Å². The lowest BCUT2D eigenvalue weighted by molar-refractivity contribution is -0.137. The van der Waals surface area contributed by atoms with Crippen molar-refractivity contribution in [3.63, 3.8) is 0 Å². The molecule has 1 aliphatic heterocycles. The summed E-state index contributed by atoms with van der Waals surface area (Å²) >= 11 is 0. The number of carbonyl (C=O) groups excluding carboxylic acids is 2. The van der Waals surface area contributed by atoms with E-state index in [1.807, 2.05) is 0 Å². The highest BCUT2D eigenvalue weighted by Crippen LogP contribution is 2.29. The molecule has 5 nitrogen and oxygen atoms in total. The SMILES string of the molecule is CN(Cc1ccc(C(F)(F)F)cc1)C(=O)NCCC(=O)N1CCCC1. The predicted molar refractivity (Wildman–Crippen MR) is 86.7 cm³/mol. The van der Waals surface area contributed by atoms with Crippen molar-refractivity contribution in [1.82, 2.24) is 15.1 Å². The number of alkyl halides is 3. The van der Waals surface area contributed by atoms with Gasteiger partial charge in [0.05, 0.1) is 5.56 Å². The molecule has 0 aliphatic carbocycles. The molecule has 0 radical (unpaired) electrons. The molecule has 0 aromatic heterocycles. The van der Waals surface area contributed by atoms with E-state index in [2.05, 4.69) is 5.32 Å². The summed E-state index contributed by atoms with van der Waals surface area (Å²) in [7, 11) is 1.55. The molecular weight excluding hydrogens is 335 g/mol. The minimum absolute atomic E-state index is 0.0307. The normalized spacial score (nSPS) is 14.5. The highest BCUT2D eigenvalue weighted by atomic mass is 19.4. The summed E-state index contributed by atoms with van der Waals surface area (Å²) in [5, 5.41) is 2.65. The van der Waals surface area contributed by atoms with Crippen molar-refractivity contribution in [2.45, 2.75) is 32.0 Å². The Kier molecular flexibility index (Phi) is 6.27. The Hall–Kier alpha value is -2.25. The zero-order valence-electron chi connectivity index (χ0n) is 14.1. The number of benzene rings is 1. The van der Waals surface area contributed by atoms with Crippen molar-refractivity contribution < 1.29 is 22.8 Å². The van der Waals surface area contributed by atoms with Crippen LogP contribution in [0.5, 0.6) is 0 Å². The number of halogens is 3. The van der Waals surface area contributed by atoms with Crippen LogP contribution in [-0.4, -0.2) is 48.4 Å². The average Bonchev–Trinajstić information content (AvgIpc) is 3.08. The Morgan fingerprint density at radius 2 is 1.76 bits per heavy atom. The van der Waals surface area contributed by atoms with Crippen LogP contribution in [-0.2, 0) is 17.5 Å². The Morgan fingerprint density at radius 1 is 1.16 bits per heavy atom. The van der Waals surface area contributed by atoms with Gasteiger partial charge in [-0.2, -0.15) is 13.2 Å². The smallest absolute Gasteiger partial charge is 0.343 e. The van der Waals surface area contributed by atoms with Gasteiger partial charge in [0.2, 0.25) is 5.91 Å². The Labute approximate surface area is 144 Å². The van der Waals surface area contributed by atoms with Crippen molar-refractivity contribution in [1.29, 1.82) is 0 Å². The van der Waals surface area contributed by atoms with Crippen LogP contribution in [0.3, 0.4) is 0 Å². The second-order valence-electron chi connectivity index (χ2n) is 6.12.